The molecule has 0 aromatic heterocycles. The van der Waals surface area contributed by atoms with Crippen LogP contribution >= 0.6 is 11.6 Å². The number of benzene rings is 1. The molecule has 0 fully saturated rings. The van der Waals surface area contributed by atoms with Crippen LogP contribution in [0, 0.1) is 0 Å². The van der Waals surface area contributed by atoms with E-state index in [9.17, 15) is 13.2 Å². The number of hydrogen-bond donors (Lipinski definition) is 2. The highest BCUT2D eigenvalue weighted by atomic mass is 35.5. The minimum Gasteiger partial charge on any atom is -0.352 e. The number of para-hydroxylation sites is 1. The summed E-state index contributed by atoms with van der Waals surface area (Å²) < 4.78 is 25.0. The molecule has 0 aliphatic carbocycles. The van der Waals surface area contributed by atoms with E-state index in [2.05, 4.69) is 10.0 Å². The zero-order valence-electron chi connectivity index (χ0n) is 9.94. The van der Waals surface area contributed by atoms with Crippen LogP contribution in [0.4, 0.5) is 5.69 Å². The Kier molecular flexibility index (Phi) is 5.43. The lowest BCUT2D eigenvalue weighted by molar-refractivity contribution is 0.0954. The first kappa shape index (κ1) is 14.8. The van der Waals surface area contributed by atoms with E-state index < -0.39 is 15.2 Å². The van der Waals surface area contributed by atoms with Crippen LogP contribution in [0.2, 0.25) is 0 Å². The molecule has 0 aliphatic rings. The molecule has 0 saturated heterocycles. The van der Waals surface area contributed by atoms with Crippen molar-refractivity contribution in [3.8, 4) is 0 Å². The third-order valence-electron chi connectivity index (χ3n) is 2.12. The summed E-state index contributed by atoms with van der Waals surface area (Å²) in [4.78, 5) is 11.8. The lowest BCUT2D eigenvalue weighted by Gasteiger charge is -2.11. The number of alkyl halides is 1. The van der Waals surface area contributed by atoms with Gasteiger partial charge in [0.15, 0.2) is 0 Å². The predicted molar refractivity (Wildman–Crippen MR) is 72.3 cm³/mol. The first-order valence-corrected chi connectivity index (χ1v) is 7.62. The maximum atomic E-state index is 11.8. The summed E-state index contributed by atoms with van der Waals surface area (Å²) in [5.74, 6) is -0.315. The molecule has 1 rings (SSSR count). The van der Waals surface area contributed by atoms with Gasteiger partial charge < -0.3 is 5.32 Å². The van der Waals surface area contributed by atoms with E-state index in [0.717, 1.165) is 6.42 Å². The molecule has 1 aromatic rings. The number of amides is 1. The number of sulfonamides is 1. The summed E-state index contributed by atoms with van der Waals surface area (Å²) >= 11 is 5.31. The molecule has 0 heterocycles. The Bertz CT molecular complexity index is 517. The summed E-state index contributed by atoms with van der Waals surface area (Å²) in [5, 5.41) is 2.13. The van der Waals surface area contributed by atoms with Gasteiger partial charge in [-0.15, -0.1) is 11.6 Å². The third-order valence-corrected chi connectivity index (χ3v) is 3.80. The molecule has 1 amide bonds. The van der Waals surface area contributed by atoms with Crippen molar-refractivity contribution in [2.75, 3.05) is 16.5 Å². The van der Waals surface area contributed by atoms with Crippen LogP contribution in [-0.2, 0) is 10.0 Å². The van der Waals surface area contributed by atoms with E-state index >= 15 is 0 Å². The van der Waals surface area contributed by atoms with Crippen LogP contribution in [0.5, 0.6) is 0 Å². The zero-order chi connectivity index (χ0) is 13.6. The Balaban J connectivity index is 2.96. The third kappa shape index (κ3) is 4.19. The topological polar surface area (TPSA) is 75.3 Å². The van der Waals surface area contributed by atoms with E-state index in [0.29, 0.717) is 6.54 Å². The summed E-state index contributed by atoms with van der Waals surface area (Å²) in [5.41, 5.74) is 0.506. The molecule has 0 bridgehead atoms. The van der Waals surface area contributed by atoms with Crippen LogP contribution in [-0.4, -0.2) is 26.1 Å². The van der Waals surface area contributed by atoms with Gasteiger partial charge in [-0.1, -0.05) is 19.1 Å². The van der Waals surface area contributed by atoms with Crippen molar-refractivity contribution in [1.29, 1.82) is 0 Å². The Morgan fingerprint density at radius 1 is 1.33 bits per heavy atom. The van der Waals surface area contributed by atoms with Crippen LogP contribution in [0.25, 0.3) is 0 Å². The molecule has 0 radical (unpaired) electrons. The second kappa shape index (κ2) is 6.61. The maximum absolute atomic E-state index is 11.8. The van der Waals surface area contributed by atoms with Crippen molar-refractivity contribution in [3.05, 3.63) is 29.8 Å². The summed E-state index contributed by atoms with van der Waals surface area (Å²) in [7, 11) is -3.61. The van der Waals surface area contributed by atoms with Gasteiger partial charge in [0.1, 0.15) is 5.21 Å². The molecule has 0 atom stereocenters. The Morgan fingerprint density at radius 3 is 2.61 bits per heavy atom. The minimum absolute atomic E-state index is 0.228. The van der Waals surface area contributed by atoms with Crippen LogP contribution < -0.4 is 10.0 Å². The second-order valence-corrected chi connectivity index (χ2v) is 5.93. The number of rotatable bonds is 6. The first-order valence-electron chi connectivity index (χ1n) is 5.44. The van der Waals surface area contributed by atoms with Gasteiger partial charge in [-0.05, 0) is 18.6 Å². The van der Waals surface area contributed by atoms with Gasteiger partial charge in [0.05, 0.1) is 11.3 Å². The predicted octanol–water partition coefficient (Wildman–Crippen LogP) is 1.76. The van der Waals surface area contributed by atoms with Crippen LogP contribution in [0.1, 0.15) is 23.7 Å². The highest BCUT2D eigenvalue weighted by Crippen LogP contribution is 2.16. The smallest absolute Gasteiger partial charge is 0.253 e. The molecule has 2 N–H and O–H groups in total. The molecule has 0 aliphatic heterocycles. The largest absolute Gasteiger partial charge is 0.352 e. The van der Waals surface area contributed by atoms with Gasteiger partial charge in [0, 0.05) is 6.54 Å². The molecule has 0 saturated carbocycles. The molecule has 18 heavy (non-hydrogen) atoms. The normalized spacial score (nSPS) is 11.0. The SMILES string of the molecule is CCCNC(=O)c1ccccc1NS(=O)(=O)CCl. The fraction of sp³-hybridized carbons (Fsp3) is 0.364. The van der Waals surface area contributed by atoms with E-state index in [1.54, 1.807) is 18.2 Å². The number of halogens is 1. The highest BCUT2D eigenvalue weighted by Gasteiger charge is 2.15. The lowest BCUT2D eigenvalue weighted by Crippen LogP contribution is -2.26. The average Bonchev–Trinajstić information content (AvgIpc) is 2.36. The summed E-state index contributed by atoms with van der Waals surface area (Å²) in [6.07, 6.45) is 0.807. The summed E-state index contributed by atoms with van der Waals surface area (Å²) in [6.45, 7) is 2.47. The number of nitrogens with one attached hydrogen (secondary N) is 2. The van der Waals surface area contributed by atoms with Crippen molar-refractivity contribution in [1.82, 2.24) is 5.32 Å². The van der Waals surface area contributed by atoms with Crippen molar-refractivity contribution in [2.45, 2.75) is 13.3 Å². The first-order chi connectivity index (χ1) is 8.50. The van der Waals surface area contributed by atoms with E-state index in [1.165, 1.54) is 6.07 Å². The quantitative estimate of drug-likeness (QED) is 0.784. The number of hydrogen-bond acceptors (Lipinski definition) is 3. The number of carbonyl (C=O) groups excluding carboxylic acids is 1. The second-order valence-electron chi connectivity index (χ2n) is 3.63. The van der Waals surface area contributed by atoms with Gasteiger partial charge in [0.2, 0.25) is 10.0 Å². The molecule has 100 valence electrons. The standard InChI is InChI=1S/C11H15ClN2O3S/c1-2-7-13-11(15)9-5-3-4-6-10(9)14-18(16,17)8-12/h3-6,14H,2,7-8H2,1H3,(H,13,15). The molecule has 0 unspecified atom stereocenters. The van der Waals surface area contributed by atoms with E-state index in [-0.39, 0.29) is 17.2 Å². The molecule has 5 nitrogen and oxygen atoms in total. The fourth-order valence-electron chi connectivity index (χ4n) is 1.30. The fourth-order valence-corrected chi connectivity index (χ4v) is 2.03. The van der Waals surface area contributed by atoms with Crippen molar-refractivity contribution in [2.24, 2.45) is 0 Å². The lowest BCUT2D eigenvalue weighted by atomic mass is 10.1. The van der Waals surface area contributed by atoms with Gasteiger partial charge in [0.25, 0.3) is 5.91 Å². The van der Waals surface area contributed by atoms with E-state index in [1.807, 2.05) is 6.92 Å². The van der Waals surface area contributed by atoms with Gasteiger partial charge in [-0.2, -0.15) is 0 Å². The minimum atomic E-state index is -3.61. The highest BCUT2D eigenvalue weighted by molar-refractivity contribution is 7.93. The van der Waals surface area contributed by atoms with Crippen molar-refractivity contribution < 1.29 is 13.2 Å². The molecular formula is C11H15ClN2O3S. The maximum Gasteiger partial charge on any atom is 0.253 e. The van der Waals surface area contributed by atoms with Crippen molar-refractivity contribution in [3.63, 3.8) is 0 Å². The Hall–Kier alpha value is -1.27. The Labute approximate surface area is 112 Å². The molecular weight excluding hydrogens is 276 g/mol. The van der Waals surface area contributed by atoms with Crippen molar-refractivity contribution >= 4 is 33.2 Å². The molecule has 7 heteroatoms. The van der Waals surface area contributed by atoms with Crippen LogP contribution in [0.3, 0.4) is 0 Å². The number of anilines is 1. The number of carbonyl (C=O) groups is 1. The van der Waals surface area contributed by atoms with Crippen LogP contribution in [0.15, 0.2) is 24.3 Å². The monoisotopic (exact) mass is 290 g/mol. The molecule has 1 aromatic carbocycles. The molecule has 0 spiro atoms. The van der Waals surface area contributed by atoms with Gasteiger partial charge in [-0.3, -0.25) is 9.52 Å². The van der Waals surface area contributed by atoms with E-state index in [4.69, 9.17) is 11.6 Å². The average molecular weight is 291 g/mol. The summed E-state index contributed by atoms with van der Waals surface area (Å²) in [6, 6.07) is 6.38. The Morgan fingerprint density at radius 2 is 2.00 bits per heavy atom. The van der Waals surface area contributed by atoms with Gasteiger partial charge >= 0.3 is 0 Å². The zero-order valence-corrected chi connectivity index (χ0v) is 11.5. The van der Waals surface area contributed by atoms with Gasteiger partial charge in [-0.25, -0.2) is 8.42 Å².